The Morgan fingerprint density at radius 1 is 1.22 bits per heavy atom. The highest BCUT2D eigenvalue weighted by Crippen LogP contribution is 2.28. The van der Waals surface area contributed by atoms with E-state index in [0.717, 1.165) is 22.2 Å². The predicted octanol–water partition coefficient (Wildman–Crippen LogP) is 2.98. The number of nitrogen functional groups attached to an aromatic ring is 1. The maximum absolute atomic E-state index is 5.98. The van der Waals surface area contributed by atoms with Crippen molar-refractivity contribution in [2.24, 2.45) is 0 Å². The summed E-state index contributed by atoms with van der Waals surface area (Å²) in [5.41, 5.74) is 8.01. The molecule has 0 aliphatic rings. The molecule has 0 fully saturated rings. The van der Waals surface area contributed by atoms with E-state index in [4.69, 9.17) is 15.0 Å². The number of hydrogen-bond acceptors (Lipinski definition) is 7. The molecule has 0 aliphatic heterocycles. The Morgan fingerprint density at radius 3 is 2.85 bits per heavy atom. The molecule has 138 valence electrons. The van der Waals surface area contributed by atoms with Crippen molar-refractivity contribution >= 4 is 22.5 Å². The fourth-order valence-electron chi connectivity index (χ4n) is 3.10. The van der Waals surface area contributed by atoms with Crippen molar-refractivity contribution in [2.45, 2.75) is 20.0 Å². The molecular weight excluding hydrogens is 344 g/mol. The first-order chi connectivity index (χ1) is 13.1. The van der Waals surface area contributed by atoms with Gasteiger partial charge in [0.25, 0.3) is 0 Å². The second-order valence-electron chi connectivity index (χ2n) is 6.17. The van der Waals surface area contributed by atoms with Gasteiger partial charge in [-0.1, -0.05) is 23.4 Å². The fourth-order valence-corrected chi connectivity index (χ4v) is 3.10. The topological polar surface area (TPSA) is 104 Å². The average molecular weight is 364 g/mol. The smallest absolute Gasteiger partial charge is 0.223 e. The Labute approximate surface area is 156 Å². The van der Waals surface area contributed by atoms with Crippen molar-refractivity contribution < 1.29 is 9.26 Å². The van der Waals surface area contributed by atoms with Crippen molar-refractivity contribution in [1.29, 1.82) is 0 Å². The molecule has 0 aliphatic carbocycles. The number of para-hydroxylation sites is 1. The lowest BCUT2D eigenvalue weighted by molar-refractivity contribution is 0.388. The van der Waals surface area contributed by atoms with Gasteiger partial charge in [-0.15, -0.1) is 0 Å². The van der Waals surface area contributed by atoms with Gasteiger partial charge in [0, 0.05) is 24.1 Å². The summed E-state index contributed by atoms with van der Waals surface area (Å²) >= 11 is 0. The molecule has 0 spiro atoms. The Kier molecular flexibility index (Phi) is 4.37. The normalized spacial score (nSPS) is 11.0. The van der Waals surface area contributed by atoms with E-state index in [1.807, 2.05) is 42.6 Å². The van der Waals surface area contributed by atoms with Gasteiger partial charge in [-0.3, -0.25) is 0 Å². The van der Waals surface area contributed by atoms with Crippen LogP contribution >= 0.6 is 0 Å². The summed E-state index contributed by atoms with van der Waals surface area (Å²) in [5.74, 6) is 3.06. The molecule has 0 radical (unpaired) electrons. The average Bonchev–Trinajstić information content (AvgIpc) is 3.26. The van der Waals surface area contributed by atoms with Crippen LogP contribution in [-0.2, 0) is 13.1 Å². The first-order valence-corrected chi connectivity index (χ1v) is 8.54. The van der Waals surface area contributed by atoms with E-state index in [1.54, 1.807) is 14.0 Å². The molecule has 3 N–H and O–H groups in total. The number of ether oxygens (including phenoxy) is 1. The van der Waals surface area contributed by atoms with Gasteiger partial charge in [0.1, 0.15) is 11.6 Å². The van der Waals surface area contributed by atoms with Crippen molar-refractivity contribution in [3.63, 3.8) is 0 Å². The number of hydrogen-bond donors (Lipinski definition) is 2. The van der Waals surface area contributed by atoms with Crippen molar-refractivity contribution in [3.05, 3.63) is 59.9 Å². The zero-order valence-electron chi connectivity index (χ0n) is 15.1. The van der Waals surface area contributed by atoms with E-state index in [9.17, 15) is 0 Å². The number of aryl methyl sites for hydroxylation is 1. The molecule has 8 heteroatoms. The summed E-state index contributed by atoms with van der Waals surface area (Å²) in [5, 5.41) is 8.18. The number of nitrogens with one attached hydrogen (secondary N) is 1. The fraction of sp³-hybridized carbons (Fsp3) is 0.211. The van der Waals surface area contributed by atoms with Gasteiger partial charge in [-0.25, -0.2) is 4.98 Å². The van der Waals surface area contributed by atoms with Crippen LogP contribution in [-0.4, -0.2) is 26.8 Å². The van der Waals surface area contributed by atoms with Crippen LogP contribution < -0.4 is 15.8 Å². The third-order valence-corrected chi connectivity index (χ3v) is 4.28. The lowest BCUT2D eigenvalue weighted by atomic mass is 10.2. The van der Waals surface area contributed by atoms with Crippen LogP contribution in [0.3, 0.4) is 0 Å². The molecule has 4 aromatic rings. The van der Waals surface area contributed by atoms with Crippen LogP contribution in [0.15, 0.2) is 47.1 Å². The number of rotatable bonds is 6. The highest BCUT2D eigenvalue weighted by Gasteiger charge is 2.13. The van der Waals surface area contributed by atoms with Crippen molar-refractivity contribution in [1.82, 2.24) is 19.7 Å². The summed E-state index contributed by atoms with van der Waals surface area (Å²) in [6.45, 7) is 2.80. The monoisotopic (exact) mass is 364 g/mol. The van der Waals surface area contributed by atoms with Crippen LogP contribution in [0.25, 0.3) is 10.9 Å². The summed E-state index contributed by atoms with van der Waals surface area (Å²) in [6.07, 6.45) is 2.02. The number of pyridine rings is 1. The van der Waals surface area contributed by atoms with Gasteiger partial charge < -0.3 is 24.9 Å². The SMILES string of the molecule is COc1ccccc1Cn1ccc2cc(N)nc(NCc3noc(C)n3)c21. The molecule has 0 saturated heterocycles. The molecular formula is C19H20N6O2. The minimum Gasteiger partial charge on any atom is -0.496 e. The highest BCUT2D eigenvalue weighted by atomic mass is 16.5. The van der Waals surface area contributed by atoms with Crippen molar-refractivity contribution in [2.75, 3.05) is 18.2 Å². The van der Waals surface area contributed by atoms with Crippen LogP contribution in [0.5, 0.6) is 5.75 Å². The quantitative estimate of drug-likeness (QED) is 0.542. The van der Waals surface area contributed by atoms with Crippen molar-refractivity contribution in [3.8, 4) is 5.75 Å². The lowest BCUT2D eigenvalue weighted by Crippen LogP contribution is -2.08. The van der Waals surface area contributed by atoms with E-state index in [2.05, 4.69) is 25.0 Å². The van der Waals surface area contributed by atoms with Crippen LogP contribution in [0.4, 0.5) is 11.6 Å². The Balaban J connectivity index is 1.69. The Morgan fingerprint density at radius 2 is 2.07 bits per heavy atom. The van der Waals surface area contributed by atoms with E-state index in [0.29, 0.717) is 36.4 Å². The van der Waals surface area contributed by atoms with E-state index < -0.39 is 0 Å². The first kappa shape index (κ1) is 16.9. The largest absolute Gasteiger partial charge is 0.496 e. The number of nitrogens with zero attached hydrogens (tertiary/aromatic N) is 4. The number of anilines is 2. The minimum atomic E-state index is 0.392. The van der Waals surface area contributed by atoms with E-state index >= 15 is 0 Å². The molecule has 8 nitrogen and oxygen atoms in total. The predicted molar refractivity (Wildman–Crippen MR) is 103 cm³/mol. The maximum atomic E-state index is 5.98. The molecule has 0 saturated carbocycles. The van der Waals surface area contributed by atoms with Gasteiger partial charge in [0.2, 0.25) is 5.89 Å². The first-order valence-electron chi connectivity index (χ1n) is 8.54. The van der Waals surface area contributed by atoms with Crippen LogP contribution in [0, 0.1) is 6.92 Å². The summed E-state index contributed by atoms with van der Waals surface area (Å²) in [7, 11) is 1.68. The van der Waals surface area contributed by atoms with E-state index in [-0.39, 0.29) is 0 Å². The summed E-state index contributed by atoms with van der Waals surface area (Å²) in [6, 6.07) is 11.8. The number of methoxy groups -OCH3 is 1. The maximum Gasteiger partial charge on any atom is 0.223 e. The summed E-state index contributed by atoms with van der Waals surface area (Å²) < 4.78 is 12.6. The van der Waals surface area contributed by atoms with Gasteiger partial charge >= 0.3 is 0 Å². The molecule has 27 heavy (non-hydrogen) atoms. The second-order valence-corrected chi connectivity index (χ2v) is 6.17. The molecule has 3 aromatic heterocycles. The molecule has 3 heterocycles. The van der Waals surface area contributed by atoms with Gasteiger partial charge in [0.15, 0.2) is 11.6 Å². The molecule has 1 aromatic carbocycles. The number of fused-ring (bicyclic) bond motifs is 1. The summed E-state index contributed by atoms with van der Waals surface area (Å²) in [4.78, 5) is 8.67. The van der Waals surface area contributed by atoms with Gasteiger partial charge in [0.05, 0.1) is 25.7 Å². The number of nitrogens with two attached hydrogens (primary N) is 1. The Hall–Kier alpha value is -3.55. The van der Waals surface area contributed by atoms with Crippen LogP contribution in [0.1, 0.15) is 17.3 Å². The molecule has 0 unspecified atom stereocenters. The third-order valence-electron chi connectivity index (χ3n) is 4.28. The molecule has 0 bridgehead atoms. The zero-order valence-corrected chi connectivity index (χ0v) is 15.1. The molecule has 0 atom stereocenters. The molecule has 4 rings (SSSR count). The van der Waals surface area contributed by atoms with E-state index in [1.165, 1.54) is 0 Å². The minimum absolute atomic E-state index is 0.392. The zero-order chi connectivity index (χ0) is 18.8. The second kappa shape index (κ2) is 6.99. The highest BCUT2D eigenvalue weighted by molar-refractivity contribution is 5.91. The standard InChI is InChI=1S/C19H20N6O2/c1-12-22-17(24-27-12)10-21-19-18-13(9-16(20)23-19)7-8-25(18)11-14-5-3-4-6-15(14)26-2/h3-9H,10-11H2,1-2H3,(H3,20,21,23). The van der Waals surface area contributed by atoms with Gasteiger partial charge in [-0.05, 0) is 18.2 Å². The Bertz CT molecular complexity index is 1080. The third kappa shape index (κ3) is 3.41. The van der Waals surface area contributed by atoms with Gasteiger partial charge in [-0.2, -0.15) is 4.98 Å². The number of benzene rings is 1. The lowest BCUT2D eigenvalue weighted by Gasteiger charge is -2.13. The van der Waals surface area contributed by atoms with Crippen LogP contribution in [0.2, 0.25) is 0 Å². The number of aromatic nitrogens is 4. The molecule has 0 amide bonds.